The molecule has 2 atom stereocenters. The van der Waals surface area contributed by atoms with Crippen LogP contribution in [0, 0.1) is 6.92 Å². The molecule has 3 aromatic carbocycles. The van der Waals surface area contributed by atoms with E-state index in [2.05, 4.69) is 0 Å². The van der Waals surface area contributed by atoms with Crippen LogP contribution >= 0.6 is 0 Å². The molecule has 220 valence electrons. The number of hydrogen-bond acceptors (Lipinski definition) is 7. The van der Waals surface area contributed by atoms with Crippen molar-refractivity contribution in [2.24, 2.45) is 5.84 Å². The van der Waals surface area contributed by atoms with E-state index in [0.717, 1.165) is 6.07 Å². The Morgan fingerprint density at radius 1 is 1.20 bits per heavy atom. The minimum Gasteiger partial charge on any atom is -0.491 e. The molecule has 0 saturated carbocycles. The van der Waals surface area contributed by atoms with E-state index in [1.165, 1.54) is 21.4 Å². The van der Waals surface area contributed by atoms with Gasteiger partial charge in [0.25, 0.3) is 0 Å². The first kappa shape index (κ1) is 30.4. The molecule has 0 bridgehead atoms. The molecular formula is C29H33F3N4O4S. The highest BCUT2D eigenvalue weighted by atomic mass is 32.2. The molecule has 8 nitrogen and oxygen atoms in total. The molecule has 1 aliphatic rings. The van der Waals surface area contributed by atoms with E-state index in [-0.39, 0.29) is 38.3 Å². The smallest absolute Gasteiger partial charge is 0.416 e. The summed E-state index contributed by atoms with van der Waals surface area (Å²) in [6.07, 6.45) is -4.77. The summed E-state index contributed by atoms with van der Waals surface area (Å²) in [5.41, 5.74) is 8.18. The van der Waals surface area contributed by atoms with Crippen LogP contribution in [0.4, 0.5) is 24.5 Å². The predicted molar refractivity (Wildman–Crippen MR) is 151 cm³/mol. The number of anilines is 2. The van der Waals surface area contributed by atoms with Crippen LogP contribution in [0.5, 0.6) is 5.75 Å². The molecule has 41 heavy (non-hydrogen) atoms. The summed E-state index contributed by atoms with van der Waals surface area (Å²) in [5.74, 6) is 5.17. The molecule has 3 aromatic rings. The summed E-state index contributed by atoms with van der Waals surface area (Å²) >= 11 is 0. The fraction of sp³-hybridized carbons (Fsp3) is 0.345. The first-order valence-corrected chi connectivity index (χ1v) is 14.1. The maximum Gasteiger partial charge on any atom is 0.416 e. The number of esters is 1. The Balaban J connectivity index is 1.80. The summed E-state index contributed by atoms with van der Waals surface area (Å²) in [4.78, 5) is 13.1. The average Bonchev–Trinajstić information content (AvgIpc) is 3.07. The third-order valence-electron chi connectivity index (χ3n) is 7.02. The van der Waals surface area contributed by atoms with Crippen molar-refractivity contribution in [1.82, 2.24) is 4.31 Å². The van der Waals surface area contributed by atoms with Crippen LogP contribution in [0.3, 0.4) is 0 Å². The van der Waals surface area contributed by atoms with Crippen LogP contribution < -0.4 is 21.3 Å². The van der Waals surface area contributed by atoms with E-state index < -0.39 is 34.6 Å². The lowest BCUT2D eigenvalue weighted by molar-refractivity contribution is -0.143. The number of carbonyl (C=O) groups excluding carboxylic acids is 1. The summed E-state index contributed by atoms with van der Waals surface area (Å²) in [7, 11) is -0.113. The number of carbonyl (C=O) groups is 1. The second kappa shape index (κ2) is 12.5. The van der Waals surface area contributed by atoms with E-state index in [0.29, 0.717) is 38.7 Å². The van der Waals surface area contributed by atoms with Crippen molar-refractivity contribution in [2.45, 2.75) is 43.8 Å². The molecule has 2 unspecified atom stereocenters. The number of nitrogens with two attached hydrogens (primary N) is 2. The second-order valence-corrected chi connectivity index (χ2v) is 11.2. The van der Waals surface area contributed by atoms with Crippen LogP contribution in [-0.2, 0) is 33.2 Å². The van der Waals surface area contributed by atoms with Crippen molar-refractivity contribution in [2.75, 3.05) is 37.5 Å². The van der Waals surface area contributed by atoms with E-state index >= 15 is 0 Å². The van der Waals surface area contributed by atoms with Gasteiger partial charge in [0.2, 0.25) is 0 Å². The van der Waals surface area contributed by atoms with Gasteiger partial charge >= 0.3 is 12.1 Å². The number of ether oxygens (including phenoxy) is 2. The minimum atomic E-state index is -4.65. The minimum absolute atomic E-state index is 0.0690. The van der Waals surface area contributed by atoms with E-state index in [4.69, 9.17) is 21.1 Å². The summed E-state index contributed by atoms with van der Waals surface area (Å²) in [5, 5.41) is 1.37. The standard InChI is InChI=1S/C29H33F3N4O4S/c1-4-39-27(37)16-22(21-10-12-24(35(3)34)28(33)18(21)2)19-9-11-23(29(30,31)32)20(15-19)17-36-13-14-40-25-7-5-6-8-26(25)41(36)38/h5-12,15,22H,4,13-14,16-17,33-34H2,1-3H3. The lowest BCUT2D eigenvalue weighted by Crippen LogP contribution is -2.29. The molecule has 12 heteroatoms. The first-order valence-electron chi connectivity index (χ1n) is 13.0. The monoisotopic (exact) mass is 590 g/mol. The number of halogens is 3. The van der Waals surface area contributed by atoms with Crippen LogP contribution in [0.15, 0.2) is 59.5 Å². The summed E-state index contributed by atoms with van der Waals surface area (Å²) in [6, 6.07) is 14.0. The molecule has 1 heterocycles. The number of hydrazine groups is 1. The van der Waals surface area contributed by atoms with Gasteiger partial charge in [0.1, 0.15) is 23.3 Å². The number of nitrogens with zero attached hydrogens (tertiary/aromatic N) is 2. The molecule has 1 aliphatic heterocycles. The van der Waals surface area contributed by atoms with Crippen molar-refractivity contribution in [3.8, 4) is 5.75 Å². The SMILES string of the molecule is CCOC(=O)CC(c1ccc(C(F)(F)F)c(CN2CCOc3ccccc3S2=O)c1)c1ccc(N(C)N)c(N)c1C. The molecule has 0 fully saturated rings. The molecule has 4 rings (SSSR count). The van der Waals surface area contributed by atoms with Crippen molar-refractivity contribution in [1.29, 1.82) is 0 Å². The second-order valence-electron chi connectivity index (χ2n) is 9.71. The average molecular weight is 591 g/mol. The molecule has 0 spiro atoms. The van der Waals surface area contributed by atoms with Gasteiger partial charge in [-0.25, -0.2) is 14.4 Å². The van der Waals surface area contributed by atoms with Crippen molar-refractivity contribution in [3.63, 3.8) is 0 Å². The zero-order chi connectivity index (χ0) is 29.9. The normalized spacial score (nSPS) is 16.3. The number of para-hydroxylation sites is 1. The van der Waals surface area contributed by atoms with Gasteiger partial charge in [-0.15, -0.1) is 0 Å². The maximum atomic E-state index is 14.2. The predicted octanol–water partition coefficient (Wildman–Crippen LogP) is 4.91. The van der Waals surface area contributed by atoms with Crippen LogP contribution in [-0.4, -0.2) is 41.3 Å². The zero-order valence-electron chi connectivity index (χ0n) is 23.0. The van der Waals surface area contributed by atoms with Gasteiger partial charge in [0.15, 0.2) is 0 Å². The fourth-order valence-corrected chi connectivity index (χ4v) is 6.24. The van der Waals surface area contributed by atoms with Crippen molar-refractivity contribution < 1.29 is 31.6 Å². The number of hydrogen-bond donors (Lipinski definition) is 2. The third-order valence-corrected chi connectivity index (χ3v) is 8.51. The fourth-order valence-electron chi connectivity index (χ4n) is 4.97. The van der Waals surface area contributed by atoms with Gasteiger partial charge in [-0.1, -0.05) is 30.3 Å². The quantitative estimate of drug-likeness (QED) is 0.166. The number of nitrogen functional groups attached to an aromatic ring is 1. The molecule has 4 N–H and O–H groups in total. The maximum absolute atomic E-state index is 14.2. The Morgan fingerprint density at radius 2 is 1.93 bits per heavy atom. The number of fused-ring (bicyclic) bond motifs is 1. The zero-order valence-corrected chi connectivity index (χ0v) is 23.8. The number of rotatable bonds is 8. The Labute approximate surface area is 239 Å². The molecule has 0 radical (unpaired) electrons. The largest absolute Gasteiger partial charge is 0.491 e. The van der Waals surface area contributed by atoms with Crippen LogP contribution in [0.1, 0.15) is 47.1 Å². The van der Waals surface area contributed by atoms with Gasteiger partial charge in [-0.3, -0.25) is 4.79 Å². The highest BCUT2D eigenvalue weighted by Crippen LogP contribution is 2.40. The summed E-state index contributed by atoms with van der Waals surface area (Å²) < 4.78 is 68.3. The van der Waals surface area contributed by atoms with Gasteiger partial charge < -0.3 is 20.2 Å². The molecule has 0 aliphatic carbocycles. The molecular weight excluding hydrogens is 557 g/mol. The summed E-state index contributed by atoms with van der Waals surface area (Å²) in [6.45, 7) is 3.68. The third kappa shape index (κ3) is 6.66. The van der Waals surface area contributed by atoms with E-state index in [1.807, 2.05) is 0 Å². The van der Waals surface area contributed by atoms with Crippen molar-refractivity contribution >= 4 is 28.3 Å². The number of benzene rings is 3. The highest BCUT2D eigenvalue weighted by molar-refractivity contribution is 7.82. The molecule has 0 amide bonds. The van der Waals surface area contributed by atoms with Crippen molar-refractivity contribution in [3.05, 3.63) is 82.4 Å². The Kier molecular flexibility index (Phi) is 9.25. The van der Waals surface area contributed by atoms with Crippen LogP contribution in [0.2, 0.25) is 0 Å². The lowest BCUT2D eigenvalue weighted by atomic mass is 9.84. The van der Waals surface area contributed by atoms with Gasteiger partial charge in [-0.05, 0) is 60.4 Å². The lowest BCUT2D eigenvalue weighted by Gasteiger charge is -2.26. The van der Waals surface area contributed by atoms with E-state index in [1.54, 1.807) is 57.3 Å². The van der Waals surface area contributed by atoms with Gasteiger partial charge in [0.05, 0.1) is 34.9 Å². The molecule has 0 aromatic heterocycles. The molecule has 0 saturated heterocycles. The topological polar surface area (TPSA) is 111 Å². The van der Waals surface area contributed by atoms with Crippen LogP contribution in [0.25, 0.3) is 0 Å². The van der Waals surface area contributed by atoms with E-state index in [9.17, 15) is 22.2 Å². The Hall–Kier alpha value is -3.61. The Morgan fingerprint density at radius 3 is 2.61 bits per heavy atom. The van der Waals surface area contributed by atoms with Gasteiger partial charge in [-0.2, -0.15) is 13.2 Å². The van der Waals surface area contributed by atoms with Gasteiger partial charge in [0, 0.05) is 26.1 Å². The highest BCUT2D eigenvalue weighted by Gasteiger charge is 2.35. The Bertz CT molecular complexity index is 1450. The first-order chi connectivity index (χ1) is 19.4. The number of alkyl halides is 3.